The van der Waals surface area contributed by atoms with E-state index in [2.05, 4.69) is 6.92 Å². The van der Waals surface area contributed by atoms with Gasteiger partial charge in [0.25, 0.3) is 0 Å². The molecule has 0 amide bonds. The first-order valence-corrected chi connectivity index (χ1v) is 6.82. The topological polar surface area (TPSA) is 20.2 Å². The molecule has 1 aliphatic carbocycles. The molecule has 0 aromatic heterocycles. The summed E-state index contributed by atoms with van der Waals surface area (Å²) in [5.74, 6) is -0.849. The first-order valence-electron chi connectivity index (χ1n) is 6.82. The molecule has 0 saturated heterocycles. The number of alkyl halides is 3. The van der Waals surface area contributed by atoms with Crippen LogP contribution in [0.2, 0.25) is 0 Å². The predicted octanol–water partition coefficient (Wildman–Crippen LogP) is 4.63. The summed E-state index contributed by atoms with van der Waals surface area (Å²) in [6, 6.07) is 2.82. The summed E-state index contributed by atoms with van der Waals surface area (Å²) >= 11 is 0. The highest BCUT2D eigenvalue weighted by molar-refractivity contribution is 5.31. The van der Waals surface area contributed by atoms with Gasteiger partial charge in [0.05, 0.1) is 11.2 Å². The molecule has 1 saturated carbocycles. The maximum atomic E-state index is 13.3. The van der Waals surface area contributed by atoms with Crippen LogP contribution in [-0.4, -0.2) is 5.11 Å². The molecule has 0 bridgehead atoms. The highest BCUT2D eigenvalue weighted by Gasteiger charge is 2.38. The second kappa shape index (κ2) is 5.35. The van der Waals surface area contributed by atoms with Crippen LogP contribution in [0, 0.1) is 11.7 Å². The van der Waals surface area contributed by atoms with E-state index in [1.807, 2.05) is 0 Å². The van der Waals surface area contributed by atoms with Crippen molar-refractivity contribution in [1.82, 2.24) is 0 Å². The lowest BCUT2D eigenvalue weighted by atomic mass is 9.85. The van der Waals surface area contributed by atoms with Crippen molar-refractivity contribution in [3.63, 3.8) is 0 Å². The fourth-order valence-electron chi connectivity index (χ4n) is 2.82. The highest BCUT2D eigenvalue weighted by Crippen LogP contribution is 2.40. The lowest BCUT2D eigenvalue weighted by Gasteiger charge is -2.28. The molecule has 0 radical (unpaired) electrons. The highest BCUT2D eigenvalue weighted by atomic mass is 19.4. The van der Waals surface area contributed by atoms with Gasteiger partial charge in [-0.25, -0.2) is 4.39 Å². The largest absolute Gasteiger partial charge is 0.419 e. The predicted molar refractivity (Wildman–Crippen MR) is 67.5 cm³/mol. The molecule has 1 N–H and O–H groups in total. The summed E-state index contributed by atoms with van der Waals surface area (Å²) in [4.78, 5) is 0. The average molecular weight is 290 g/mol. The van der Waals surface area contributed by atoms with Gasteiger partial charge in [0.2, 0.25) is 0 Å². The van der Waals surface area contributed by atoms with Gasteiger partial charge < -0.3 is 5.11 Å². The van der Waals surface area contributed by atoms with Crippen molar-refractivity contribution in [2.45, 2.75) is 50.8 Å². The summed E-state index contributed by atoms with van der Waals surface area (Å²) in [5, 5.41) is 10.6. The minimum atomic E-state index is -4.74. The Kier molecular flexibility index (Phi) is 4.09. The zero-order valence-corrected chi connectivity index (χ0v) is 11.3. The van der Waals surface area contributed by atoms with Crippen LogP contribution in [0.3, 0.4) is 0 Å². The standard InChI is InChI=1S/C15H18F4O/c1-10-3-2-7-14(20,8-6-10)11-4-5-13(16)12(9-11)15(17,18)19/h4-5,9-10,20H,2-3,6-8H2,1H3. The normalized spacial score (nSPS) is 28.2. The second-order valence-corrected chi connectivity index (χ2v) is 5.76. The van der Waals surface area contributed by atoms with Crippen LogP contribution in [0.15, 0.2) is 18.2 Å². The number of aliphatic hydroxyl groups is 1. The molecular formula is C15H18F4O. The molecule has 1 aliphatic rings. The number of hydrogen-bond acceptors (Lipinski definition) is 1. The monoisotopic (exact) mass is 290 g/mol. The molecule has 1 fully saturated rings. The maximum Gasteiger partial charge on any atom is 0.419 e. The van der Waals surface area contributed by atoms with Gasteiger partial charge in [-0.05, 0) is 49.3 Å². The van der Waals surface area contributed by atoms with E-state index in [0.29, 0.717) is 18.8 Å². The van der Waals surface area contributed by atoms with Gasteiger partial charge in [-0.1, -0.05) is 19.4 Å². The van der Waals surface area contributed by atoms with E-state index in [4.69, 9.17) is 0 Å². The van der Waals surface area contributed by atoms with E-state index in [1.54, 1.807) is 0 Å². The molecule has 2 unspecified atom stereocenters. The second-order valence-electron chi connectivity index (χ2n) is 5.76. The van der Waals surface area contributed by atoms with Crippen molar-refractivity contribution in [2.75, 3.05) is 0 Å². The smallest absolute Gasteiger partial charge is 0.385 e. The molecule has 1 aromatic carbocycles. The Hall–Kier alpha value is -1.10. The molecule has 2 rings (SSSR count). The fourth-order valence-corrected chi connectivity index (χ4v) is 2.82. The van der Waals surface area contributed by atoms with Gasteiger partial charge in [-0.2, -0.15) is 13.2 Å². The van der Waals surface area contributed by atoms with Crippen molar-refractivity contribution in [3.8, 4) is 0 Å². The quantitative estimate of drug-likeness (QED) is 0.590. The summed E-state index contributed by atoms with van der Waals surface area (Å²) in [5.41, 5.74) is -2.42. The number of benzene rings is 1. The molecule has 1 nitrogen and oxygen atoms in total. The molecule has 0 heterocycles. The van der Waals surface area contributed by atoms with Crippen molar-refractivity contribution in [2.24, 2.45) is 5.92 Å². The minimum Gasteiger partial charge on any atom is -0.385 e. The molecule has 112 valence electrons. The molecule has 20 heavy (non-hydrogen) atoms. The number of halogens is 4. The zero-order valence-electron chi connectivity index (χ0n) is 11.3. The molecular weight excluding hydrogens is 272 g/mol. The van der Waals surface area contributed by atoms with Crippen LogP contribution < -0.4 is 0 Å². The Morgan fingerprint density at radius 3 is 2.55 bits per heavy atom. The van der Waals surface area contributed by atoms with Crippen LogP contribution in [0.4, 0.5) is 17.6 Å². The van der Waals surface area contributed by atoms with Crippen LogP contribution in [0.5, 0.6) is 0 Å². The Morgan fingerprint density at radius 1 is 1.20 bits per heavy atom. The maximum absolute atomic E-state index is 13.3. The van der Waals surface area contributed by atoms with Gasteiger partial charge in [0, 0.05) is 0 Å². The van der Waals surface area contributed by atoms with Crippen LogP contribution in [-0.2, 0) is 11.8 Å². The van der Waals surface area contributed by atoms with Crippen molar-refractivity contribution in [1.29, 1.82) is 0 Å². The molecule has 0 spiro atoms. The molecule has 2 atom stereocenters. The SMILES string of the molecule is CC1CCCC(O)(c2ccc(F)c(C(F)(F)F)c2)CC1. The number of hydrogen-bond donors (Lipinski definition) is 1. The first kappa shape index (κ1) is 15.3. The van der Waals surface area contributed by atoms with E-state index < -0.39 is 23.2 Å². The van der Waals surface area contributed by atoms with Crippen LogP contribution in [0.1, 0.15) is 50.2 Å². The Labute approximate surface area is 115 Å². The van der Waals surface area contributed by atoms with Gasteiger partial charge in [-0.3, -0.25) is 0 Å². The zero-order chi connectivity index (χ0) is 15.0. The third-order valence-corrected chi connectivity index (χ3v) is 4.15. The third-order valence-electron chi connectivity index (χ3n) is 4.15. The van der Waals surface area contributed by atoms with E-state index in [-0.39, 0.29) is 5.56 Å². The summed E-state index contributed by atoms with van der Waals surface area (Å²) in [6.07, 6.45) is -1.44. The Balaban J connectivity index is 2.37. The van der Waals surface area contributed by atoms with Gasteiger partial charge in [0.1, 0.15) is 5.82 Å². The van der Waals surface area contributed by atoms with E-state index >= 15 is 0 Å². The molecule has 1 aromatic rings. The van der Waals surface area contributed by atoms with Crippen molar-refractivity contribution >= 4 is 0 Å². The van der Waals surface area contributed by atoms with E-state index in [1.165, 1.54) is 6.07 Å². The summed E-state index contributed by atoms with van der Waals surface area (Å²) in [6.45, 7) is 2.07. The van der Waals surface area contributed by atoms with Gasteiger partial charge in [0.15, 0.2) is 0 Å². The third kappa shape index (κ3) is 3.14. The minimum absolute atomic E-state index is 0.167. The lowest BCUT2D eigenvalue weighted by Crippen LogP contribution is -2.25. The van der Waals surface area contributed by atoms with Gasteiger partial charge >= 0.3 is 6.18 Å². The van der Waals surface area contributed by atoms with Crippen molar-refractivity contribution in [3.05, 3.63) is 35.1 Å². The Morgan fingerprint density at radius 2 is 1.90 bits per heavy atom. The fraction of sp³-hybridized carbons (Fsp3) is 0.600. The van der Waals surface area contributed by atoms with Crippen molar-refractivity contribution < 1.29 is 22.7 Å². The molecule has 0 aliphatic heterocycles. The number of rotatable bonds is 1. The van der Waals surface area contributed by atoms with Crippen LogP contribution >= 0.6 is 0 Å². The van der Waals surface area contributed by atoms with Crippen LogP contribution in [0.25, 0.3) is 0 Å². The molecule has 5 heteroatoms. The summed E-state index contributed by atoms with van der Waals surface area (Å²) in [7, 11) is 0. The lowest BCUT2D eigenvalue weighted by molar-refractivity contribution is -0.140. The Bertz CT molecular complexity index is 483. The summed E-state index contributed by atoms with van der Waals surface area (Å²) < 4.78 is 51.5. The average Bonchev–Trinajstić information content (AvgIpc) is 2.51. The van der Waals surface area contributed by atoms with E-state index in [0.717, 1.165) is 31.4 Å². The first-order chi connectivity index (χ1) is 9.22. The van der Waals surface area contributed by atoms with E-state index in [9.17, 15) is 22.7 Å². The van der Waals surface area contributed by atoms with Gasteiger partial charge in [-0.15, -0.1) is 0 Å².